The van der Waals surface area contributed by atoms with Gasteiger partial charge in [-0.05, 0) is 6.08 Å². The Kier molecular flexibility index (Phi) is 7.28. The molecule has 0 saturated carbocycles. The van der Waals surface area contributed by atoms with Gasteiger partial charge in [-0.15, -0.1) is 0 Å². The number of nitrogens with zero attached hydrogens (tertiary/aromatic N) is 1. The van der Waals surface area contributed by atoms with Crippen molar-refractivity contribution in [1.29, 1.82) is 0 Å². The van der Waals surface area contributed by atoms with E-state index in [1.165, 1.54) is 17.1 Å². The van der Waals surface area contributed by atoms with Crippen LogP contribution < -0.4 is 5.32 Å². The van der Waals surface area contributed by atoms with Crippen LogP contribution in [0.25, 0.3) is 0 Å². The molecule has 0 aromatic carbocycles. The summed E-state index contributed by atoms with van der Waals surface area (Å²) in [7, 11) is 0. The van der Waals surface area contributed by atoms with Crippen LogP contribution in [-0.2, 0) is 19.1 Å². The average Bonchev–Trinajstić information content (AvgIpc) is 2.75. The molecular formula is C12H17F3N2O5. The molecule has 0 spiro atoms. The standard InChI is InChI=1S/C12H17F3N2O5/c13-12(14,15)11(20)16-3-5-21-7-8-22-6-4-17-9(18)1-2-10(17)19/h1-2,9,18H,3-8H2,(H,16,20). The van der Waals surface area contributed by atoms with Crippen molar-refractivity contribution in [2.75, 3.05) is 39.5 Å². The number of aliphatic hydroxyl groups excluding tert-OH is 1. The van der Waals surface area contributed by atoms with Gasteiger partial charge >= 0.3 is 12.1 Å². The predicted molar refractivity (Wildman–Crippen MR) is 67.6 cm³/mol. The van der Waals surface area contributed by atoms with Gasteiger partial charge in [-0.2, -0.15) is 13.2 Å². The van der Waals surface area contributed by atoms with Crippen LogP contribution in [0.5, 0.6) is 0 Å². The van der Waals surface area contributed by atoms with Crippen molar-refractivity contribution >= 4 is 11.8 Å². The number of amides is 2. The van der Waals surface area contributed by atoms with E-state index >= 15 is 0 Å². The highest BCUT2D eigenvalue weighted by molar-refractivity contribution is 5.90. The average molecular weight is 326 g/mol. The number of ether oxygens (including phenoxy) is 2. The van der Waals surface area contributed by atoms with Crippen molar-refractivity contribution in [3.63, 3.8) is 0 Å². The number of alkyl halides is 3. The molecule has 10 heteroatoms. The van der Waals surface area contributed by atoms with E-state index in [0.717, 1.165) is 0 Å². The van der Waals surface area contributed by atoms with Crippen LogP contribution in [0.15, 0.2) is 12.2 Å². The SMILES string of the molecule is O=C1C=CC(O)N1CCOCCOCCNC(=O)C(F)(F)F. The molecule has 1 unspecified atom stereocenters. The van der Waals surface area contributed by atoms with Crippen LogP contribution in [-0.4, -0.2) is 73.7 Å². The molecule has 1 heterocycles. The Morgan fingerprint density at radius 2 is 1.91 bits per heavy atom. The minimum Gasteiger partial charge on any atom is -0.377 e. The van der Waals surface area contributed by atoms with Crippen LogP contribution >= 0.6 is 0 Å². The third-order valence-corrected chi connectivity index (χ3v) is 2.65. The predicted octanol–water partition coefficient (Wildman–Crippen LogP) is -0.585. The number of rotatable bonds is 9. The molecular weight excluding hydrogens is 309 g/mol. The molecule has 0 aromatic rings. The summed E-state index contributed by atoms with van der Waals surface area (Å²) in [6, 6.07) is 0. The van der Waals surface area contributed by atoms with E-state index in [4.69, 9.17) is 9.47 Å². The van der Waals surface area contributed by atoms with Gasteiger partial charge in [0.05, 0.1) is 26.4 Å². The zero-order valence-corrected chi connectivity index (χ0v) is 11.6. The van der Waals surface area contributed by atoms with Crippen LogP contribution in [0.1, 0.15) is 0 Å². The lowest BCUT2D eigenvalue weighted by atomic mass is 10.5. The van der Waals surface area contributed by atoms with Gasteiger partial charge in [0, 0.05) is 19.2 Å². The zero-order valence-electron chi connectivity index (χ0n) is 11.6. The van der Waals surface area contributed by atoms with Crippen LogP contribution in [0, 0.1) is 0 Å². The molecule has 0 aromatic heterocycles. The summed E-state index contributed by atoms with van der Waals surface area (Å²) in [5, 5.41) is 11.0. The lowest BCUT2D eigenvalue weighted by Gasteiger charge is -2.20. The minimum absolute atomic E-state index is 0.0710. The summed E-state index contributed by atoms with van der Waals surface area (Å²) in [4.78, 5) is 22.9. The first-order valence-corrected chi connectivity index (χ1v) is 6.50. The number of aliphatic hydroxyl groups is 1. The van der Waals surface area contributed by atoms with Gasteiger partial charge in [-0.1, -0.05) is 0 Å². The van der Waals surface area contributed by atoms with Gasteiger partial charge in [0.2, 0.25) is 5.91 Å². The van der Waals surface area contributed by atoms with Crippen molar-refractivity contribution in [3.8, 4) is 0 Å². The third kappa shape index (κ3) is 6.41. The topological polar surface area (TPSA) is 88.1 Å². The molecule has 1 aliphatic heterocycles. The van der Waals surface area contributed by atoms with E-state index in [1.807, 2.05) is 0 Å². The van der Waals surface area contributed by atoms with Crippen molar-refractivity contribution < 1.29 is 37.3 Å². The molecule has 0 fully saturated rings. The summed E-state index contributed by atoms with van der Waals surface area (Å²) in [6.45, 7) is 0.402. The van der Waals surface area contributed by atoms with Crippen LogP contribution in [0.3, 0.4) is 0 Å². The fraction of sp³-hybridized carbons (Fsp3) is 0.667. The Morgan fingerprint density at radius 1 is 1.27 bits per heavy atom. The first-order valence-electron chi connectivity index (χ1n) is 6.50. The maximum Gasteiger partial charge on any atom is 0.471 e. The third-order valence-electron chi connectivity index (χ3n) is 2.65. The Bertz CT molecular complexity index is 414. The van der Waals surface area contributed by atoms with E-state index in [9.17, 15) is 27.9 Å². The summed E-state index contributed by atoms with van der Waals surface area (Å²) in [6.07, 6.45) is -3.20. The Labute approximate surface area is 124 Å². The summed E-state index contributed by atoms with van der Waals surface area (Å²) >= 11 is 0. The first-order chi connectivity index (χ1) is 10.3. The molecule has 0 radical (unpaired) electrons. The Morgan fingerprint density at radius 3 is 2.45 bits per heavy atom. The fourth-order valence-corrected chi connectivity index (χ4v) is 1.56. The molecule has 22 heavy (non-hydrogen) atoms. The van der Waals surface area contributed by atoms with Crippen molar-refractivity contribution in [1.82, 2.24) is 10.2 Å². The van der Waals surface area contributed by atoms with Crippen LogP contribution in [0.4, 0.5) is 13.2 Å². The minimum atomic E-state index is -4.89. The number of nitrogens with one attached hydrogen (secondary N) is 1. The molecule has 126 valence electrons. The summed E-state index contributed by atoms with van der Waals surface area (Å²) < 4.78 is 45.6. The molecule has 0 bridgehead atoms. The fourth-order valence-electron chi connectivity index (χ4n) is 1.56. The van der Waals surface area contributed by atoms with Gasteiger partial charge in [0.15, 0.2) is 0 Å². The largest absolute Gasteiger partial charge is 0.471 e. The second-order valence-electron chi connectivity index (χ2n) is 4.28. The van der Waals surface area contributed by atoms with Gasteiger partial charge in [-0.25, -0.2) is 0 Å². The smallest absolute Gasteiger partial charge is 0.377 e. The molecule has 1 aliphatic rings. The number of hydrogen-bond acceptors (Lipinski definition) is 5. The molecule has 0 saturated heterocycles. The summed E-state index contributed by atoms with van der Waals surface area (Å²) in [5.74, 6) is -2.30. The van der Waals surface area contributed by atoms with Crippen molar-refractivity contribution in [3.05, 3.63) is 12.2 Å². The Balaban J connectivity index is 1.92. The first kappa shape index (κ1) is 18.4. The van der Waals surface area contributed by atoms with E-state index < -0.39 is 18.3 Å². The normalized spacial score (nSPS) is 18.1. The van der Waals surface area contributed by atoms with Crippen molar-refractivity contribution in [2.24, 2.45) is 0 Å². The maximum absolute atomic E-state index is 11.8. The lowest BCUT2D eigenvalue weighted by Crippen LogP contribution is -2.38. The lowest BCUT2D eigenvalue weighted by molar-refractivity contribution is -0.173. The second kappa shape index (κ2) is 8.71. The number of carbonyl (C=O) groups excluding carboxylic acids is 2. The van der Waals surface area contributed by atoms with E-state index in [1.54, 1.807) is 5.32 Å². The zero-order chi connectivity index (χ0) is 16.6. The molecule has 1 rings (SSSR count). The molecule has 7 nitrogen and oxygen atoms in total. The quantitative estimate of drug-likeness (QED) is 0.553. The van der Waals surface area contributed by atoms with Gasteiger partial charge in [-0.3, -0.25) is 9.59 Å². The van der Waals surface area contributed by atoms with E-state index in [0.29, 0.717) is 0 Å². The van der Waals surface area contributed by atoms with E-state index in [-0.39, 0.29) is 45.4 Å². The molecule has 2 N–H and O–H groups in total. The van der Waals surface area contributed by atoms with Gasteiger partial charge in [0.1, 0.15) is 6.23 Å². The van der Waals surface area contributed by atoms with Gasteiger partial charge < -0.3 is 24.8 Å². The summed E-state index contributed by atoms with van der Waals surface area (Å²) in [5.41, 5.74) is 0. The van der Waals surface area contributed by atoms with Gasteiger partial charge in [0.25, 0.3) is 0 Å². The van der Waals surface area contributed by atoms with E-state index in [2.05, 4.69) is 0 Å². The van der Waals surface area contributed by atoms with Crippen LogP contribution in [0.2, 0.25) is 0 Å². The molecule has 1 atom stereocenters. The number of hydrogen-bond donors (Lipinski definition) is 2. The highest BCUT2D eigenvalue weighted by Gasteiger charge is 2.38. The number of carbonyl (C=O) groups is 2. The monoisotopic (exact) mass is 326 g/mol. The van der Waals surface area contributed by atoms with Crippen molar-refractivity contribution in [2.45, 2.75) is 12.4 Å². The number of halogens is 3. The molecule has 2 amide bonds. The highest BCUT2D eigenvalue weighted by Crippen LogP contribution is 2.13. The maximum atomic E-state index is 11.8. The Hall–Kier alpha value is -1.65. The highest BCUT2D eigenvalue weighted by atomic mass is 19.4. The molecule has 0 aliphatic carbocycles. The second-order valence-corrected chi connectivity index (χ2v) is 4.28.